The maximum Gasteiger partial charge on any atom is 0.326 e. The largest absolute Gasteiger partial charge is 0.457 e. The number of nitrogens with one attached hydrogen (secondary N) is 2. The van der Waals surface area contributed by atoms with Crippen LogP contribution in [0.4, 0.5) is 0 Å². The molecule has 0 spiro atoms. The number of hydrogen-bond donors (Lipinski definition) is 4. The number of rotatable bonds is 6. The van der Waals surface area contributed by atoms with Crippen LogP contribution < -0.4 is 15.9 Å². The van der Waals surface area contributed by atoms with Gasteiger partial charge in [-0.1, -0.05) is 42.5 Å². The van der Waals surface area contributed by atoms with Crippen LogP contribution in [0.3, 0.4) is 0 Å². The van der Waals surface area contributed by atoms with Crippen molar-refractivity contribution in [2.45, 2.75) is 12.8 Å². The topological polar surface area (TPSA) is 99.5 Å². The molecule has 1 heterocycles. The molecule has 0 amide bonds. The third kappa shape index (κ3) is 3.81. The van der Waals surface area contributed by atoms with Gasteiger partial charge in [-0.3, -0.25) is 4.57 Å². The highest BCUT2D eigenvalue weighted by Gasteiger charge is 2.11. The van der Waals surface area contributed by atoms with E-state index in [-0.39, 0.29) is 11.4 Å². The molecule has 1 unspecified atom stereocenters. The van der Waals surface area contributed by atoms with Crippen LogP contribution in [0.15, 0.2) is 77.7 Å². The summed E-state index contributed by atoms with van der Waals surface area (Å²) in [5.74, 6) is 1.45. The summed E-state index contributed by atoms with van der Waals surface area (Å²) in [4.78, 5) is 14.4. The molecular formula is C21H19N3O4. The second-order valence-electron chi connectivity index (χ2n) is 6.43. The molecule has 4 rings (SSSR count). The number of hydroxylamine groups is 1. The van der Waals surface area contributed by atoms with Gasteiger partial charge in [0, 0.05) is 6.20 Å². The average molecular weight is 377 g/mol. The van der Waals surface area contributed by atoms with Gasteiger partial charge in [-0.2, -0.15) is 5.48 Å². The quantitative estimate of drug-likeness (QED) is 0.306. The fourth-order valence-electron chi connectivity index (χ4n) is 3.01. The molecule has 0 bridgehead atoms. The summed E-state index contributed by atoms with van der Waals surface area (Å²) in [5.41, 5.74) is 2.39. The Morgan fingerprint density at radius 1 is 1.00 bits per heavy atom. The van der Waals surface area contributed by atoms with Gasteiger partial charge in [-0.25, -0.2) is 4.79 Å². The Kier molecular flexibility index (Phi) is 4.94. The van der Waals surface area contributed by atoms with Gasteiger partial charge < -0.3 is 20.0 Å². The highest BCUT2D eigenvalue weighted by Crippen LogP contribution is 2.26. The summed E-state index contributed by atoms with van der Waals surface area (Å²) in [5, 5.41) is 20.5. The summed E-state index contributed by atoms with van der Waals surface area (Å²) < 4.78 is 7.33. The van der Waals surface area contributed by atoms with Crippen molar-refractivity contribution in [3.63, 3.8) is 0 Å². The molecule has 142 valence electrons. The van der Waals surface area contributed by atoms with Gasteiger partial charge in [0.15, 0.2) is 6.23 Å². The predicted octanol–water partition coefficient (Wildman–Crippen LogP) is 3.14. The molecule has 3 aromatic carbocycles. The lowest BCUT2D eigenvalue weighted by Crippen LogP contribution is -2.18. The monoisotopic (exact) mass is 377 g/mol. The normalized spacial score (nSPS) is 12.2. The van der Waals surface area contributed by atoms with E-state index in [0.717, 1.165) is 22.1 Å². The first kappa shape index (κ1) is 18.0. The highest BCUT2D eigenvalue weighted by molar-refractivity contribution is 5.83. The molecule has 1 atom stereocenters. The van der Waals surface area contributed by atoms with Gasteiger partial charge in [-0.05, 0) is 40.6 Å². The summed E-state index contributed by atoms with van der Waals surface area (Å²) in [6.07, 6.45) is 0.113. The number of aliphatic hydroxyl groups excluding tert-OH is 1. The van der Waals surface area contributed by atoms with Crippen LogP contribution in [0.2, 0.25) is 0 Å². The van der Waals surface area contributed by atoms with Gasteiger partial charge in [-0.15, -0.1) is 0 Å². The maximum atomic E-state index is 11.9. The number of nitrogens with zero attached hydrogens (tertiary/aromatic N) is 1. The van der Waals surface area contributed by atoms with E-state index in [9.17, 15) is 9.90 Å². The van der Waals surface area contributed by atoms with Crippen molar-refractivity contribution in [1.29, 1.82) is 0 Å². The van der Waals surface area contributed by atoms with Crippen LogP contribution in [0, 0.1) is 0 Å². The maximum absolute atomic E-state index is 11.9. The van der Waals surface area contributed by atoms with E-state index in [2.05, 4.69) is 11.1 Å². The van der Waals surface area contributed by atoms with E-state index in [1.54, 1.807) is 5.48 Å². The molecule has 0 aliphatic carbocycles. The number of fused-ring (bicyclic) bond motifs is 1. The zero-order valence-corrected chi connectivity index (χ0v) is 14.9. The molecule has 1 aromatic heterocycles. The number of aliphatic hydroxyl groups is 1. The van der Waals surface area contributed by atoms with E-state index < -0.39 is 6.23 Å². The predicted molar refractivity (Wildman–Crippen MR) is 105 cm³/mol. The lowest BCUT2D eigenvalue weighted by atomic mass is 10.1. The van der Waals surface area contributed by atoms with E-state index in [4.69, 9.17) is 9.94 Å². The molecule has 4 aromatic rings. The molecule has 0 fully saturated rings. The van der Waals surface area contributed by atoms with Crippen LogP contribution in [0.1, 0.15) is 17.5 Å². The first-order chi connectivity index (χ1) is 13.6. The minimum absolute atomic E-state index is 0.184. The second kappa shape index (κ2) is 7.69. The number of aromatic amines is 1. The Balaban J connectivity index is 1.47. The summed E-state index contributed by atoms with van der Waals surface area (Å²) in [6, 6.07) is 21.4. The number of aromatic nitrogens is 2. The van der Waals surface area contributed by atoms with Crippen LogP contribution in [-0.4, -0.2) is 19.9 Å². The summed E-state index contributed by atoms with van der Waals surface area (Å²) >= 11 is 0. The van der Waals surface area contributed by atoms with Crippen molar-refractivity contribution in [3.8, 4) is 11.5 Å². The molecule has 0 aliphatic rings. The lowest BCUT2D eigenvalue weighted by Gasteiger charge is -2.08. The average Bonchev–Trinajstić information content (AvgIpc) is 3.09. The Labute approximate surface area is 160 Å². The zero-order chi connectivity index (χ0) is 19.5. The smallest absolute Gasteiger partial charge is 0.326 e. The Hall–Kier alpha value is -3.39. The third-order valence-corrected chi connectivity index (χ3v) is 4.46. The first-order valence-corrected chi connectivity index (χ1v) is 8.75. The number of benzene rings is 3. The fraction of sp³-hybridized carbons (Fsp3) is 0.0952. The zero-order valence-electron chi connectivity index (χ0n) is 14.9. The number of hydrogen-bond acceptors (Lipinski definition) is 5. The van der Waals surface area contributed by atoms with E-state index in [0.29, 0.717) is 12.3 Å². The minimum Gasteiger partial charge on any atom is -0.457 e. The molecule has 28 heavy (non-hydrogen) atoms. The molecule has 0 saturated carbocycles. The second-order valence-corrected chi connectivity index (χ2v) is 6.43. The van der Waals surface area contributed by atoms with Crippen molar-refractivity contribution < 1.29 is 15.1 Å². The van der Waals surface area contributed by atoms with Crippen molar-refractivity contribution in [3.05, 3.63) is 94.7 Å². The Morgan fingerprint density at radius 2 is 1.71 bits per heavy atom. The van der Waals surface area contributed by atoms with Crippen LogP contribution in [0.25, 0.3) is 10.8 Å². The van der Waals surface area contributed by atoms with Gasteiger partial charge in [0.2, 0.25) is 0 Å². The molecule has 7 heteroatoms. The highest BCUT2D eigenvalue weighted by atomic mass is 16.5. The molecule has 7 nitrogen and oxygen atoms in total. The SMILES string of the molecule is O=c1[nH]c(C(O)NO)cn1Cc1ccc(Oc2ccc3ccccc3c2)cc1. The van der Waals surface area contributed by atoms with Gasteiger partial charge in [0.05, 0.1) is 12.2 Å². The van der Waals surface area contributed by atoms with Crippen molar-refractivity contribution in [2.75, 3.05) is 0 Å². The first-order valence-electron chi connectivity index (χ1n) is 8.75. The van der Waals surface area contributed by atoms with Crippen LogP contribution >= 0.6 is 0 Å². The van der Waals surface area contributed by atoms with Crippen molar-refractivity contribution >= 4 is 10.8 Å². The summed E-state index contributed by atoms with van der Waals surface area (Å²) in [7, 11) is 0. The number of ether oxygens (including phenoxy) is 1. The lowest BCUT2D eigenvalue weighted by molar-refractivity contribution is -0.00174. The van der Waals surface area contributed by atoms with E-state index >= 15 is 0 Å². The Bertz CT molecular complexity index is 1150. The van der Waals surface area contributed by atoms with E-state index in [1.165, 1.54) is 10.8 Å². The fourth-order valence-corrected chi connectivity index (χ4v) is 3.01. The third-order valence-electron chi connectivity index (χ3n) is 4.46. The number of H-pyrrole nitrogens is 1. The Morgan fingerprint density at radius 3 is 2.46 bits per heavy atom. The summed E-state index contributed by atoms with van der Waals surface area (Å²) in [6.45, 7) is 0.323. The van der Waals surface area contributed by atoms with Crippen molar-refractivity contribution in [1.82, 2.24) is 15.0 Å². The van der Waals surface area contributed by atoms with Crippen molar-refractivity contribution in [2.24, 2.45) is 0 Å². The van der Waals surface area contributed by atoms with Gasteiger partial charge >= 0.3 is 5.69 Å². The molecule has 0 radical (unpaired) electrons. The van der Waals surface area contributed by atoms with Crippen LogP contribution in [0.5, 0.6) is 11.5 Å². The number of imidazole rings is 1. The molecular weight excluding hydrogens is 358 g/mol. The molecule has 0 aliphatic heterocycles. The van der Waals surface area contributed by atoms with Gasteiger partial charge in [0.25, 0.3) is 0 Å². The minimum atomic E-state index is -1.34. The van der Waals surface area contributed by atoms with E-state index in [1.807, 2.05) is 60.7 Å². The van der Waals surface area contributed by atoms with Crippen LogP contribution in [-0.2, 0) is 6.54 Å². The standard InChI is InChI=1S/C21H19N3O4/c25-20(23-27)19-13-24(21(26)22-19)12-14-5-8-17(9-6-14)28-18-10-7-15-3-1-2-4-16(15)11-18/h1-11,13,20,23,25,27H,12H2,(H,22,26). The van der Waals surface area contributed by atoms with Gasteiger partial charge in [0.1, 0.15) is 11.5 Å². The molecule has 4 N–H and O–H groups in total. The molecule has 0 saturated heterocycles.